The number of ether oxygens (including phenoxy) is 1. The first-order valence-electron chi connectivity index (χ1n) is 10.9. The normalized spacial score (nSPS) is 16.7. The summed E-state index contributed by atoms with van der Waals surface area (Å²) in [6.07, 6.45) is 17.8. The second kappa shape index (κ2) is 14.9. The summed E-state index contributed by atoms with van der Waals surface area (Å²) in [5.74, 6) is -0.116. The van der Waals surface area contributed by atoms with Gasteiger partial charge >= 0.3 is 5.97 Å². The van der Waals surface area contributed by atoms with E-state index in [1.807, 2.05) is 0 Å². The molecule has 1 aliphatic carbocycles. The van der Waals surface area contributed by atoms with E-state index in [1.165, 1.54) is 57.6 Å². The highest BCUT2D eigenvalue weighted by atomic mass is 16.5. The van der Waals surface area contributed by atoms with Gasteiger partial charge in [0.25, 0.3) is 0 Å². The molecule has 0 saturated heterocycles. The zero-order chi connectivity index (χ0) is 19.0. The van der Waals surface area contributed by atoms with Crippen LogP contribution in [0.15, 0.2) is 4.99 Å². The van der Waals surface area contributed by atoms with Gasteiger partial charge in [-0.3, -0.25) is 9.79 Å². The zero-order valence-electron chi connectivity index (χ0n) is 17.0. The largest absolute Gasteiger partial charge is 0.461 e. The SMILES string of the molecule is CCCCCCCCCCCOC(=O)C=N[C@@H](C)C(=O)C1CCCCC1. The molecular formula is C22H39NO3. The maximum Gasteiger partial charge on any atom is 0.348 e. The monoisotopic (exact) mass is 365 g/mol. The van der Waals surface area contributed by atoms with Crippen LogP contribution in [-0.4, -0.2) is 30.6 Å². The molecule has 0 spiro atoms. The Hall–Kier alpha value is -1.19. The zero-order valence-corrected chi connectivity index (χ0v) is 17.0. The Balaban J connectivity index is 2.03. The van der Waals surface area contributed by atoms with Gasteiger partial charge < -0.3 is 4.74 Å². The highest BCUT2D eigenvalue weighted by molar-refractivity contribution is 6.23. The summed E-state index contributed by atoms with van der Waals surface area (Å²) in [7, 11) is 0. The molecule has 1 saturated carbocycles. The number of carbonyl (C=O) groups is 2. The molecule has 1 rings (SSSR count). The fourth-order valence-electron chi connectivity index (χ4n) is 3.60. The summed E-state index contributed by atoms with van der Waals surface area (Å²) in [6.45, 7) is 4.47. The van der Waals surface area contributed by atoms with Crippen molar-refractivity contribution in [2.24, 2.45) is 10.9 Å². The van der Waals surface area contributed by atoms with Crippen molar-refractivity contribution >= 4 is 18.0 Å². The first kappa shape index (κ1) is 22.9. The van der Waals surface area contributed by atoms with Crippen LogP contribution in [-0.2, 0) is 14.3 Å². The van der Waals surface area contributed by atoms with Gasteiger partial charge in [0.2, 0.25) is 0 Å². The third kappa shape index (κ3) is 10.7. The maximum absolute atomic E-state index is 12.3. The second-order valence-electron chi connectivity index (χ2n) is 7.69. The molecule has 0 aromatic heterocycles. The van der Waals surface area contributed by atoms with E-state index in [1.54, 1.807) is 6.92 Å². The average molecular weight is 366 g/mol. The number of rotatable bonds is 14. The van der Waals surface area contributed by atoms with E-state index in [9.17, 15) is 9.59 Å². The third-order valence-corrected chi connectivity index (χ3v) is 5.32. The summed E-state index contributed by atoms with van der Waals surface area (Å²) in [4.78, 5) is 28.1. The Bertz CT molecular complexity index is 414. The standard InChI is InChI=1S/C22H39NO3/c1-3-4-5-6-7-8-9-10-14-17-26-21(24)18-23-19(2)22(25)20-15-12-11-13-16-20/h18-20H,3-17H2,1-2H3/t19-/m0/s1. The third-order valence-electron chi connectivity index (χ3n) is 5.32. The number of ketones is 1. The molecule has 0 bridgehead atoms. The lowest BCUT2D eigenvalue weighted by atomic mass is 9.84. The molecule has 0 unspecified atom stereocenters. The lowest BCUT2D eigenvalue weighted by Crippen LogP contribution is -2.26. The molecular weight excluding hydrogens is 326 g/mol. The van der Waals surface area contributed by atoms with Crippen LogP contribution in [0.4, 0.5) is 0 Å². The molecule has 0 amide bonds. The van der Waals surface area contributed by atoms with E-state index < -0.39 is 12.0 Å². The first-order chi connectivity index (χ1) is 12.6. The number of aliphatic imine (C=N–C) groups is 1. The average Bonchev–Trinajstić information content (AvgIpc) is 2.67. The van der Waals surface area contributed by atoms with Gasteiger partial charge in [-0.15, -0.1) is 0 Å². The van der Waals surface area contributed by atoms with E-state index in [4.69, 9.17) is 4.74 Å². The van der Waals surface area contributed by atoms with Crippen LogP contribution in [0.3, 0.4) is 0 Å². The molecule has 4 nitrogen and oxygen atoms in total. The van der Waals surface area contributed by atoms with Gasteiger partial charge in [0.05, 0.1) is 6.61 Å². The Labute approximate surface area is 160 Å². The van der Waals surface area contributed by atoms with Gasteiger partial charge in [0, 0.05) is 5.92 Å². The number of Topliss-reactive ketones (excluding diaryl/α,β-unsaturated/α-hetero) is 1. The summed E-state index contributed by atoms with van der Waals surface area (Å²) in [5.41, 5.74) is 0. The summed E-state index contributed by atoms with van der Waals surface area (Å²) in [6, 6.07) is -0.432. The van der Waals surface area contributed by atoms with Crippen LogP contribution >= 0.6 is 0 Å². The predicted molar refractivity (Wildman–Crippen MR) is 108 cm³/mol. The molecule has 0 radical (unpaired) electrons. The van der Waals surface area contributed by atoms with Crippen LogP contribution in [0.2, 0.25) is 0 Å². The highest BCUT2D eigenvalue weighted by Gasteiger charge is 2.24. The Morgan fingerprint density at radius 2 is 1.54 bits per heavy atom. The number of nitrogens with zero attached hydrogens (tertiary/aromatic N) is 1. The van der Waals surface area contributed by atoms with Crippen molar-refractivity contribution in [1.29, 1.82) is 0 Å². The van der Waals surface area contributed by atoms with Crippen molar-refractivity contribution < 1.29 is 14.3 Å². The lowest BCUT2D eigenvalue weighted by Gasteiger charge is -2.21. The van der Waals surface area contributed by atoms with E-state index in [2.05, 4.69) is 11.9 Å². The number of hydrogen-bond acceptors (Lipinski definition) is 4. The maximum atomic E-state index is 12.3. The van der Waals surface area contributed by atoms with Crippen LogP contribution in [0.25, 0.3) is 0 Å². The molecule has 1 atom stereocenters. The molecule has 0 aromatic carbocycles. The lowest BCUT2D eigenvalue weighted by molar-refractivity contribution is -0.135. The van der Waals surface area contributed by atoms with Gasteiger partial charge in [-0.1, -0.05) is 77.6 Å². The van der Waals surface area contributed by atoms with Crippen molar-refractivity contribution in [2.45, 2.75) is 110 Å². The smallest absolute Gasteiger partial charge is 0.348 e. The van der Waals surface area contributed by atoms with Crippen LogP contribution in [0.1, 0.15) is 104 Å². The summed E-state index contributed by atoms with van der Waals surface area (Å²) < 4.78 is 5.18. The van der Waals surface area contributed by atoms with Crippen LogP contribution in [0.5, 0.6) is 0 Å². The molecule has 0 heterocycles. The molecule has 1 fully saturated rings. The van der Waals surface area contributed by atoms with Gasteiger partial charge in [0.1, 0.15) is 12.3 Å². The molecule has 150 valence electrons. The van der Waals surface area contributed by atoms with Crippen molar-refractivity contribution in [3.63, 3.8) is 0 Å². The van der Waals surface area contributed by atoms with Crippen molar-refractivity contribution in [3.8, 4) is 0 Å². The molecule has 0 N–H and O–H groups in total. The van der Waals surface area contributed by atoms with E-state index in [0.717, 1.165) is 38.5 Å². The summed E-state index contributed by atoms with van der Waals surface area (Å²) >= 11 is 0. The Morgan fingerprint density at radius 3 is 2.15 bits per heavy atom. The minimum atomic E-state index is -0.432. The van der Waals surface area contributed by atoms with Gasteiger partial charge in [0.15, 0.2) is 5.78 Å². The number of esters is 1. The van der Waals surface area contributed by atoms with E-state index in [-0.39, 0.29) is 11.7 Å². The number of carbonyl (C=O) groups excluding carboxylic acids is 2. The molecule has 1 aliphatic rings. The molecule has 0 aliphatic heterocycles. The van der Waals surface area contributed by atoms with Gasteiger partial charge in [-0.25, -0.2) is 4.79 Å². The Kier molecular flexibility index (Phi) is 13.1. The predicted octanol–water partition coefficient (Wildman–Crippen LogP) is 5.67. The van der Waals surface area contributed by atoms with E-state index in [0.29, 0.717) is 6.61 Å². The highest BCUT2D eigenvalue weighted by Crippen LogP contribution is 2.25. The van der Waals surface area contributed by atoms with E-state index >= 15 is 0 Å². The van der Waals surface area contributed by atoms with Crippen molar-refractivity contribution in [1.82, 2.24) is 0 Å². The fourth-order valence-corrected chi connectivity index (χ4v) is 3.60. The Morgan fingerprint density at radius 1 is 0.962 bits per heavy atom. The molecule has 4 heteroatoms. The van der Waals surface area contributed by atoms with Crippen molar-refractivity contribution in [3.05, 3.63) is 0 Å². The molecule has 26 heavy (non-hydrogen) atoms. The van der Waals surface area contributed by atoms with Gasteiger partial charge in [-0.05, 0) is 26.2 Å². The van der Waals surface area contributed by atoms with Crippen LogP contribution < -0.4 is 0 Å². The minimum absolute atomic E-state index is 0.133. The fraction of sp³-hybridized carbons (Fsp3) is 0.864. The minimum Gasteiger partial charge on any atom is -0.461 e. The number of hydrogen-bond donors (Lipinski definition) is 0. The second-order valence-corrected chi connectivity index (χ2v) is 7.69. The quantitative estimate of drug-likeness (QED) is 0.226. The first-order valence-corrected chi connectivity index (χ1v) is 10.9. The van der Waals surface area contributed by atoms with Crippen LogP contribution in [0, 0.1) is 5.92 Å². The van der Waals surface area contributed by atoms with Gasteiger partial charge in [-0.2, -0.15) is 0 Å². The molecule has 0 aromatic rings. The van der Waals surface area contributed by atoms with Crippen molar-refractivity contribution in [2.75, 3.05) is 6.61 Å². The topological polar surface area (TPSA) is 55.7 Å². The summed E-state index contributed by atoms with van der Waals surface area (Å²) in [5, 5.41) is 0. The number of unbranched alkanes of at least 4 members (excludes halogenated alkanes) is 8.